The molecule has 8 heteroatoms. The van der Waals surface area contributed by atoms with E-state index in [1.54, 1.807) is 4.68 Å². The van der Waals surface area contributed by atoms with Gasteiger partial charge >= 0.3 is 0 Å². The summed E-state index contributed by atoms with van der Waals surface area (Å²) < 4.78 is 5.98. The van der Waals surface area contributed by atoms with E-state index in [1.807, 2.05) is 32.7 Å². The van der Waals surface area contributed by atoms with Gasteiger partial charge in [-0.05, 0) is 20.8 Å². The van der Waals surface area contributed by atoms with E-state index in [1.165, 1.54) is 11.5 Å². The maximum Gasteiger partial charge on any atom is 0.257 e. The largest absolute Gasteiger partial charge is 0.343 e. The Kier molecular flexibility index (Phi) is 3.86. The molecule has 0 saturated carbocycles. The lowest BCUT2D eigenvalue weighted by Gasteiger charge is -2.34. The predicted molar refractivity (Wildman–Crippen MR) is 85.4 cm³/mol. The standard InChI is InChI=1S/C14H20N6OS/c1-9-12(10(2)18(4)16-9)13(21)19-5-7-20(8-6-19)14-15-11(3)17-22-14/h5-8H2,1-4H3. The summed E-state index contributed by atoms with van der Waals surface area (Å²) in [4.78, 5) is 21.2. The fourth-order valence-corrected chi connectivity index (χ4v) is 3.48. The quantitative estimate of drug-likeness (QED) is 0.830. The van der Waals surface area contributed by atoms with Crippen molar-refractivity contribution in [3.8, 4) is 0 Å². The molecule has 0 spiro atoms. The molecular weight excluding hydrogens is 300 g/mol. The molecular formula is C14H20N6OS. The molecule has 3 rings (SSSR count). The molecule has 22 heavy (non-hydrogen) atoms. The van der Waals surface area contributed by atoms with Crippen molar-refractivity contribution in [2.24, 2.45) is 7.05 Å². The molecule has 1 amide bonds. The van der Waals surface area contributed by atoms with Crippen LogP contribution in [0.5, 0.6) is 0 Å². The summed E-state index contributed by atoms with van der Waals surface area (Å²) in [5.74, 6) is 0.885. The van der Waals surface area contributed by atoms with Crippen LogP contribution in [0.1, 0.15) is 27.6 Å². The highest BCUT2D eigenvalue weighted by Gasteiger charge is 2.27. The Bertz CT molecular complexity index is 698. The normalized spacial score (nSPS) is 15.5. The maximum absolute atomic E-state index is 12.7. The van der Waals surface area contributed by atoms with Crippen LogP contribution in [-0.2, 0) is 7.05 Å². The van der Waals surface area contributed by atoms with Crippen LogP contribution < -0.4 is 4.90 Å². The minimum Gasteiger partial charge on any atom is -0.343 e. The Labute approximate surface area is 133 Å². The third kappa shape index (κ3) is 2.58. The highest BCUT2D eigenvalue weighted by atomic mass is 32.1. The molecule has 3 heterocycles. The molecule has 0 N–H and O–H groups in total. The number of anilines is 1. The fourth-order valence-electron chi connectivity index (χ4n) is 2.76. The van der Waals surface area contributed by atoms with Gasteiger partial charge in [0.05, 0.1) is 11.3 Å². The molecule has 0 aromatic carbocycles. The van der Waals surface area contributed by atoms with E-state index < -0.39 is 0 Å². The minimum absolute atomic E-state index is 0.0798. The number of amides is 1. The highest BCUT2D eigenvalue weighted by Crippen LogP contribution is 2.20. The number of aryl methyl sites for hydroxylation is 3. The number of aromatic nitrogens is 4. The van der Waals surface area contributed by atoms with Gasteiger partial charge in [-0.25, -0.2) is 4.98 Å². The lowest BCUT2D eigenvalue weighted by molar-refractivity contribution is 0.0745. The monoisotopic (exact) mass is 320 g/mol. The molecule has 1 aliphatic rings. The Morgan fingerprint density at radius 2 is 1.82 bits per heavy atom. The van der Waals surface area contributed by atoms with Crippen molar-refractivity contribution in [2.75, 3.05) is 31.1 Å². The second kappa shape index (κ2) is 5.68. The molecule has 2 aromatic rings. The van der Waals surface area contributed by atoms with Crippen molar-refractivity contribution in [1.29, 1.82) is 0 Å². The van der Waals surface area contributed by atoms with Gasteiger partial charge in [0.25, 0.3) is 5.91 Å². The third-order valence-corrected chi connectivity index (χ3v) is 4.95. The lowest BCUT2D eigenvalue weighted by Crippen LogP contribution is -2.49. The SMILES string of the molecule is Cc1nsc(N2CCN(C(=O)c3c(C)nn(C)c3C)CC2)n1. The number of rotatable bonds is 2. The average molecular weight is 320 g/mol. The van der Waals surface area contributed by atoms with Gasteiger partial charge in [-0.3, -0.25) is 9.48 Å². The highest BCUT2D eigenvalue weighted by molar-refractivity contribution is 7.09. The number of piperazine rings is 1. The van der Waals surface area contributed by atoms with Gasteiger partial charge in [-0.1, -0.05) is 0 Å². The van der Waals surface area contributed by atoms with Gasteiger partial charge in [0.2, 0.25) is 5.13 Å². The Morgan fingerprint density at radius 1 is 1.14 bits per heavy atom. The first kappa shape index (κ1) is 15.0. The lowest BCUT2D eigenvalue weighted by atomic mass is 10.1. The summed E-state index contributed by atoms with van der Waals surface area (Å²) in [6.07, 6.45) is 0. The molecule has 1 fully saturated rings. The average Bonchev–Trinajstić information content (AvgIpc) is 3.03. The van der Waals surface area contributed by atoms with Crippen molar-refractivity contribution >= 4 is 22.6 Å². The summed E-state index contributed by atoms with van der Waals surface area (Å²) in [7, 11) is 1.87. The summed E-state index contributed by atoms with van der Waals surface area (Å²) >= 11 is 1.42. The second-order valence-electron chi connectivity index (χ2n) is 5.57. The molecule has 7 nitrogen and oxygen atoms in total. The number of carbonyl (C=O) groups is 1. The van der Waals surface area contributed by atoms with Crippen LogP contribution in [0.4, 0.5) is 5.13 Å². The molecule has 118 valence electrons. The molecule has 0 unspecified atom stereocenters. The number of carbonyl (C=O) groups excluding carboxylic acids is 1. The molecule has 0 aliphatic carbocycles. The van der Waals surface area contributed by atoms with Crippen LogP contribution in [0, 0.1) is 20.8 Å². The van der Waals surface area contributed by atoms with E-state index in [9.17, 15) is 4.79 Å². The van der Waals surface area contributed by atoms with Crippen molar-refractivity contribution in [2.45, 2.75) is 20.8 Å². The fraction of sp³-hybridized carbons (Fsp3) is 0.571. The second-order valence-corrected chi connectivity index (χ2v) is 6.30. The van der Waals surface area contributed by atoms with Crippen LogP contribution >= 0.6 is 11.5 Å². The van der Waals surface area contributed by atoms with E-state index in [0.717, 1.165) is 41.0 Å². The predicted octanol–water partition coefficient (Wildman–Crippen LogP) is 1.16. The topological polar surface area (TPSA) is 67.2 Å². The van der Waals surface area contributed by atoms with Crippen LogP contribution in [0.15, 0.2) is 0 Å². The third-order valence-electron chi connectivity index (χ3n) is 4.08. The molecule has 0 atom stereocenters. The van der Waals surface area contributed by atoms with Crippen molar-refractivity contribution in [3.05, 3.63) is 22.8 Å². The zero-order valence-corrected chi connectivity index (χ0v) is 14.1. The molecule has 1 saturated heterocycles. The van der Waals surface area contributed by atoms with E-state index in [-0.39, 0.29) is 5.91 Å². The van der Waals surface area contributed by atoms with Gasteiger partial charge < -0.3 is 9.80 Å². The van der Waals surface area contributed by atoms with Crippen LogP contribution in [-0.4, -0.2) is 56.1 Å². The first-order valence-corrected chi connectivity index (χ1v) is 8.09. The number of nitrogens with zero attached hydrogens (tertiary/aromatic N) is 6. The molecule has 2 aromatic heterocycles. The first-order valence-electron chi connectivity index (χ1n) is 7.32. The number of hydrogen-bond acceptors (Lipinski definition) is 6. The Hall–Kier alpha value is -1.96. The van der Waals surface area contributed by atoms with E-state index in [2.05, 4.69) is 19.4 Å². The summed E-state index contributed by atoms with van der Waals surface area (Å²) in [6, 6.07) is 0. The van der Waals surface area contributed by atoms with E-state index >= 15 is 0 Å². The van der Waals surface area contributed by atoms with E-state index in [0.29, 0.717) is 13.1 Å². The smallest absolute Gasteiger partial charge is 0.257 e. The van der Waals surface area contributed by atoms with Gasteiger partial charge in [0.1, 0.15) is 5.82 Å². The van der Waals surface area contributed by atoms with E-state index in [4.69, 9.17) is 0 Å². The Morgan fingerprint density at radius 3 is 2.32 bits per heavy atom. The van der Waals surface area contributed by atoms with Crippen molar-refractivity contribution in [3.63, 3.8) is 0 Å². The number of hydrogen-bond donors (Lipinski definition) is 0. The zero-order valence-electron chi connectivity index (χ0n) is 13.3. The first-order chi connectivity index (χ1) is 10.5. The van der Waals surface area contributed by atoms with Crippen molar-refractivity contribution < 1.29 is 4.79 Å². The van der Waals surface area contributed by atoms with Crippen LogP contribution in [0.3, 0.4) is 0 Å². The zero-order chi connectivity index (χ0) is 15.9. The summed E-state index contributed by atoms with van der Waals surface area (Å²) in [6.45, 7) is 8.70. The van der Waals surface area contributed by atoms with Crippen molar-refractivity contribution in [1.82, 2.24) is 24.0 Å². The van der Waals surface area contributed by atoms with Gasteiger partial charge in [-0.15, -0.1) is 0 Å². The van der Waals surface area contributed by atoms with Gasteiger partial charge in [0, 0.05) is 50.5 Å². The van der Waals surface area contributed by atoms with Crippen LogP contribution in [0.25, 0.3) is 0 Å². The minimum atomic E-state index is 0.0798. The molecule has 0 bridgehead atoms. The van der Waals surface area contributed by atoms with Gasteiger partial charge in [-0.2, -0.15) is 9.47 Å². The van der Waals surface area contributed by atoms with Crippen LogP contribution in [0.2, 0.25) is 0 Å². The van der Waals surface area contributed by atoms with Gasteiger partial charge in [0.15, 0.2) is 0 Å². The molecule has 1 aliphatic heterocycles. The summed E-state index contributed by atoms with van der Waals surface area (Å²) in [5.41, 5.74) is 2.46. The Balaban J connectivity index is 1.69. The maximum atomic E-state index is 12.7. The summed E-state index contributed by atoms with van der Waals surface area (Å²) in [5, 5.41) is 5.28. The molecule has 0 radical (unpaired) electrons.